The van der Waals surface area contributed by atoms with E-state index in [0.717, 1.165) is 37.1 Å². The lowest BCUT2D eigenvalue weighted by molar-refractivity contribution is -0.145. The summed E-state index contributed by atoms with van der Waals surface area (Å²) in [6.45, 7) is 21.6. The van der Waals surface area contributed by atoms with E-state index in [-0.39, 0.29) is 23.7 Å². The summed E-state index contributed by atoms with van der Waals surface area (Å²) in [5.74, 6) is -0.720. The quantitative estimate of drug-likeness (QED) is 0.251. The Hall–Kier alpha value is -2.70. The van der Waals surface area contributed by atoms with Gasteiger partial charge < -0.3 is 10.5 Å². The molecule has 0 saturated heterocycles. The van der Waals surface area contributed by atoms with Crippen LogP contribution in [0, 0.1) is 0 Å². The molecule has 2 atom stereocenters. The topological polar surface area (TPSA) is 75.9 Å². The fourth-order valence-corrected chi connectivity index (χ4v) is 5.29. The molecule has 0 saturated carbocycles. The summed E-state index contributed by atoms with van der Waals surface area (Å²) < 4.78 is 5.25. The van der Waals surface area contributed by atoms with Gasteiger partial charge in [0.1, 0.15) is 0 Å². The monoisotopic (exact) mass is 553 g/mol. The van der Waals surface area contributed by atoms with Crippen molar-refractivity contribution < 1.29 is 14.3 Å². The van der Waals surface area contributed by atoms with Crippen LogP contribution in [0.3, 0.4) is 0 Å². The number of benzene rings is 2. The molecule has 6 heteroatoms. The molecule has 0 aliphatic heterocycles. The number of hydrogen-bond acceptors (Lipinski definition) is 5. The molecule has 0 aromatic heterocycles. The van der Waals surface area contributed by atoms with Crippen molar-refractivity contribution in [2.45, 2.75) is 111 Å². The smallest absolute Gasteiger partial charge is 0.313 e. The molecule has 0 spiro atoms. The molecule has 2 rings (SSSR count). The third kappa shape index (κ3) is 12.2. The minimum absolute atomic E-state index is 0.115. The van der Waals surface area contributed by atoms with E-state index in [1.54, 1.807) is 0 Å². The van der Waals surface area contributed by atoms with Gasteiger partial charge >= 0.3 is 5.97 Å². The summed E-state index contributed by atoms with van der Waals surface area (Å²) in [6, 6.07) is 21.7. The Morgan fingerprint density at radius 2 is 1.00 bits per heavy atom. The number of rotatable bonds is 15. The molecule has 0 radical (unpaired) electrons. The van der Waals surface area contributed by atoms with E-state index in [4.69, 9.17) is 10.5 Å². The van der Waals surface area contributed by atoms with Crippen LogP contribution in [-0.2, 0) is 14.3 Å². The lowest BCUT2D eigenvalue weighted by Crippen LogP contribution is -2.39. The number of nitrogens with two attached hydrogens (primary N) is 1. The number of hydrogen-bond donors (Lipinski definition) is 1. The van der Waals surface area contributed by atoms with Crippen molar-refractivity contribution in [3.05, 3.63) is 71.8 Å². The first-order chi connectivity index (χ1) is 18.9. The predicted molar refractivity (Wildman–Crippen MR) is 167 cm³/mol. The maximum Gasteiger partial charge on any atom is 0.313 e. The van der Waals surface area contributed by atoms with Gasteiger partial charge in [-0.25, -0.2) is 0 Å². The molecule has 1 amide bonds. The highest BCUT2D eigenvalue weighted by molar-refractivity contribution is 5.81. The lowest BCUT2D eigenvalue weighted by atomic mass is 9.94. The second kappa shape index (κ2) is 18.6. The van der Waals surface area contributed by atoms with E-state index >= 15 is 0 Å². The Bertz CT molecular complexity index is 945. The Morgan fingerprint density at radius 3 is 1.32 bits per heavy atom. The number of ether oxygens (including phenoxy) is 1. The molecule has 40 heavy (non-hydrogen) atoms. The van der Waals surface area contributed by atoms with Gasteiger partial charge in [-0.3, -0.25) is 19.4 Å². The second-order valence-corrected chi connectivity index (χ2v) is 11.5. The van der Waals surface area contributed by atoms with E-state index in [9.17, 15) is 9.59 Å². The fourth-order valence-electron chi connectivity index (χ4n) is 5.29. The van der Waals surface area contributed by atoms with Crippen molar-refractivity contribution in [2.24, 2.45) is 5.73 Å². The maximum absolute atomic E-state index is 12.3. The molecule has 224 valence electrons. The minimum Gasteiger partial charge on any atom is -0.466 e. The first kappa shape index (κ1) is 35.3. The van der Waals surface area contributed by atoms with Crippen LogP contribution in [0.25, 0.3) is 0 Å². The van der Waals surface area contributed by atoms with Crippen LogP contribution in [0.2, 0.25) is 0 Å². The molecule has 2 aromatic carbocycles. The standard InChI is InChI=1S/C18H29NO2.C16H26N2O/c1-6-21-18(20)17(16-10-8-7-9-11-16)12-13-19(14(2)3)15(4)5;1-12(2)18(13(3)4)11-10-15(16(17)19)14-8-6-5-7-9-14/h7-11,14-15,17H,6,12-13H2,1-5H3;5-9,12-13,15H,10-11H2,1-4H3,(H2,17,19). The number of nitrogens with zero attached hydrogens (tertiary/aromatic N) is 2. The molecule has 2 unspecified atom stereocenters. The second-order valence-electron chi connectivity index (χ2n) is 11.5. The molecule has 0 fully saturated rings. The zero-order chi connectivity index (χ0) is 30.2. The first-order valence-electron chi connectivity index (χ1n) is 15.0. The molecular weight excluding hydrogens is 498 g/mol. The van der Waals surface area contributed by atoms with Crippen LogP contribution < -0.4 is 5.73 Å². The number of carbonyl (C=O) groups is 2. The average molecular weight is 554 g/mol. The van der Waals surface area contributed by atoms with Crippen LogP contribution in [0.15, 0.2) is 60.7 Å². The summed E-state index contributed by atoms with van der Waals surface area (Å²) in [5.41, 5.74) is 7.61. The SMILES string of the molecule is CC(C)N(CCC(C(N)=O)c1ccccc1)C(C)C.CCOC(=O)C(CCN(C(C)C)C(C)C)c1ccccc1. The van der Waals surface area contributed by atoms with Gasteiger partial charge in [0, 0.05) is 24.2 Å². The molecule has 0 heterocycles. The number of esters is 1. The summed E-state index contributed by atoms with van der Waals surface area (Å²) in [5, 5.41) is 0. The largest absolute Gasteiger partial charge is 0.466 e. The average Bonchev–Trinajstić information content (AvgIpc) is 2.89. The van der Waals surface area contributed by atoms with Gasteiger partial charge in [0.05, 0.1) is 18.4 Å². The lowest BCUT2D eigenvalue weighted by Gasteiger charge is -2.31. The van der Waals surface area contributed by atoms with Crippen molar-refractivity contribution in [3.63, 3.8) is 0 Å². The zero-order valence-electron chi connectivity index (χ0n) is 26.5. The zero-order valence-corrected chi connectivity index (χ0v) is 26.5. The molecule has 0 aliphatic carbocycles. The highest BCUT2D eigenvalue weighted by atomic mass is 16.5. The highest BCUT2D eigenvalue weighted by Gasteiger charge is 2.24. The van der Waals surface area contributed by atoms with E-state index in [0.29, 0.717) is 30.8 Å². The number of amides is 1. The van der Waals surface area contributed by atoms with Gasteiger partial charge in [-0.05, 0) is 99.4 Å². The number of primary amides is 1. The van der Waals surface area contributed by atoms with Crippen LogP contribution in [0.4, 0.5) is 0 Å². The molecule has 2 aromatic rings. The summed E-state index contributed by atoms with van der Waals surface area (Å²) in [7, 11) is 0. The minimum atomic E-state index is -0.237. The first-order valence-corrected chi connectivity index (χ1v) is 15.0. The molecular formula is C34H55N3O3. The van der Waals surface area contributed by atoms with E-state index in [1.807, 2.05) is 67.6 Å². The summed E-state index contributed by atoms with van der Waals surface area (Å²) in [6.07, 6.45) is 1.56. The normalized spacial score (nSPS) is 13.1. The third-order valence-electron chi connectivity index (χ3n) is 7.32. The predicted octanol–water partition coefficient (Wildman–Crippen LogP) is 6.61. The van der Waals surface area contributed by atoms with Gasteiger partial charge in [0.25, 0.3) is 0 Å². The molecule has 6 nitrogen and oxygen atoms in total. The third-order valence-corrected chi connectivity index (χ3v) is 7.32. The maximum atomic E-state index is 12.3. The Balaban J connectivity index is 0.000000402. The van der Waals surface area contributed by atoms with Crippen molar-refractivity contribution in [2.75, 3.05) is 19.7 Å². The fraction of sp³-hybridized carbons (Fsp3) is 0.588. The van der Waals surface area contributed by atoms with Crippen molar-refractivity contribution in [1.29, 1.82) is 0 Å². The molecule has 0 bridgehead atoms. The van der Waals surface area contributed by atoms with Crippen molar-refractivity contribution in [3.8, 4) is 0 Å². The highest BCUT2D eigenvalue weighted by Crippen LogP contribution is 2.23. The summed E-state index contributed by atoms with van der Waals surface area (Å²) >= 11 is 0. The van der Waals surface area contributed by atoms with Gasteiger partial charge in [0.2, 0.25) is 5.91 Å². The number of carbonyl (C=O) groups excluding carboxylic acids is 2. The summed E-state index contributed by atoms with van der Waals surface area (Å²) in [4.78, 5) is 28.7. The van der Waals surface area contributed by atoms with E-state index in [1.165, 1.54) is 0 Å². The van der Waals surface area contributed by atoms with E-state index < -0.39 is 0 Å². The van der Waals surface area contributed by atoms with Gasteiger partial charge in [-0.2, -0.15) is 0 Å². The van der Waals surface area contributed by atoms with Crippen molar-refractivity contribution in [1.82, 2.24) is 9.80 Å². The van der Waals surface area contributed by atoms with Gasteiger partial charge in [-0.15, -0.1) is 0 Å². The Morgan fingerprint density at radius 1 is 0.650 bits per heavy atom. The van der Waals surface area contributed by atoms with E-state index in [2.05, 4.69) is 65.2 Å². The Kier molecular flexibility index (Phi) is 16.4. The van der Waals surface area contributed by atoms with Gasteiger partial charge in [-0.1, -0.05) is 60.7 Å². The van der Waals surface area contributed by atoms with Crippen LogP contribution in [-0.4, -0.2) is 65.5 Å². The molecule has 2 N–H and O–H groups in total. The van der Waals surface area contributed by atoms with Crippen LogP contribution in [0.1, 0.15) is 98.1 Å². The Labute approximate surface area is 244 Å². The van der Waals surface area contributed by atoms with Crippen LogP contribution in [0.5, 0.6) is 0 Å². The molecule has 0 aliphatic rings. The van der Waals surface area contributed by atoms with Gasteiger partial charge in [0.15, 0.2) is 0 Å². The van der Waals surface area contributed by atoms with Crippen LogP contribution >= 0.6 is 0 Å². The van der Waals surface area contributed by atoms with Crippen molar-refractivity contribution >= 4 is 11.9 Å².